The van der Waals surface area contributed by atoms with Crippen LogP contribution in [0.2, 0.25) is 18.1 Å². The van der Waals surface area contributed by atoms with Gasteiger partial charge in [0.25, 0.3) is 0 Å². The largest absolute Gasteiger partial charge is 0.502 e. The summed E-state index contributed by atoms with van der Waals surface area (Å²) < 4.78 is 11.1. The van der Waals surface area contributed by atoms with Crippen LogP contribution in [0.25, 0.3) is 0 Å². The summed E-state index contributed by atoms with van der Waals surface area (Å²) in [4.78, 5) is 0. The van der Waals surface area contributed by atoms with Gasteiger partial charge in [0, 0.05) is 13.0 Å². The Bertz CT molecular complexity index is 136. The molecule has 0 radical (unpaired) electrons. The predicted molar refractivity (Wildman–Crippen MR) is 63.9 cm³/mol. The molecular weight excluding hydrogens is 192 g/mol. The fourth-order valence-electron chi connectivity index (χ4n) is 1.57. The van der Waals surface area contributed by atoms with E-state index in [-0.39, 0.29) is 0 Å². The van der Waals surface area contributed by atoms with E-state index in [1.165, 1.54) is 24.4 Å². The lowest BCUT2D eigenvalue weighted by Gasteiger charge is -2.27. The second-order valence-electron chi connectivity index (χ2n) is 3.48. The molecule has 0 bridgehead atoms. The average Bonchev–Trinajstić information content (AvgIpc) is 2.24. The summed E-state index contributed by atoms with van der Waals surface area (Å²) >= 11 is 0. The monoisotopic (exact) mass is 216 g/mol. The van der Waals surface area contributed by atoms with E-state index in [1.807, 2.05) is 0 Å². The van der Waals surface area contributed by atoms with Gasteiger partial charge in [-0.15, -0.1) is 0 Å². The first-order valence-electron chi connectivity index (χ1n) is 5.61. The molecule has 0 saturated heterocycles. The van der Waals surface area contributed by atoms with E-state index in [2.05, 4.69) is 27.4 Å². The van der Waals surface area contributed by atoms with Crippen LogP contribution in [0.15, 0.2) is 12.8 Å². The lowest BCUT2D eigenvalue weighted by molar-refractivity contribution is 0.204. The summed E-state index contributed by atoms with van der Waals surface area (Å²) in [7, 11) is -1.36. The van der Waals surface area contributed by atoms with Crippen LogP contribution in [0.1, 0.15) is 27.2 Å². The quantitative estimate of drug-likeness (QED) is 0.333. The van der Waals surface area contributed by atoms with Crippen LogP contribution in [0.4, 0.5) is 0 Å². The van der Waals surface area contributed by atoms with Gasteiger partial charge in [-0.3, -0.25) is 0 Å². The Morgan fingerprint density at radius 3 is 2.07 bits per heavy atom. The van der Waals surface area contributed by atoms with Crippen molar-refractivity contribution < 1.29 is 9.16 Å². The molecule has 14 heavy (non-hydrogen) atoms. The van der Waals surface area contributed by atoms with Gasteiger partial charge in [-0.2, -0.15) is 0 Å². The topological polar surface area (TPSA) is 18.5 Å². The number of hydrogen-bond donors (Lipinski definition) is 0. The Morgan fingerprint density at radius 1 is 1.07 bits per heavy atom. The molecule has 0 aliphatic heterocycles. The highest BCUT2D eigenvalue weighted by Gasteiger charge is 2.27. The molecule has 0 saturated carbocycles. The van der Waals surface area contributed by atoms with Crippen molar-refractivity contribution in [2.75, 3.05) is 13.2 Å². The van der Waals surface area contributed by atoms with Crippen molar-refractivity contribution in [2.24, 2.45) is 0 Å². The third-order valence-corrected chi connectivity index (χ3v) is 7.55. The van der Waals surface area contributed by atoms with Gasteiger partial charge < -0.3 is 9.16 Å². The maximum absolute atomic E-state index is 6.05. The molecule has 0 N–H and O–H groups in total. The van der Waals surface area contributed by atoms with Crippen molar-refractivity contribution in [2.45, 2.75) is 45.3 Å². The molecule has 0 heterocycles. The number of rotatable bonds is 9. The SMILES string of the molecule is C=COCCCO[Si](CC)(CC)CC. The predicted octanol–water partition coefficient (Wildman–Crippen LogP) is 3.56. The Morgan fingerprint density at radius 2 is 1.64 bits per heavy atom. The second-order valence-corrected chi connectivity index (χ2v) is 8.26. The molecule has 2 nitrogen and oxygen atoms in total. The Balaban J connectivity index is 3.65. The van der Waals surface area contributed by atoms with Crippen molar-refractivity contribution >= 4 is 8.32 Å². The van der Waals surface area contributed by atoms with E-state index in [0.717, 1.165) is 19.6 Å². The van der Waals surface area contributed by atoms with Crippen LogP contribution >= 0.6 is 0 Å². The molecule has 0 aromatic carbocycles. The third-order valence-electron chi connectivity index (χ3n) is 2.87. The molecule has 0 atom stereocenters. The highest BCUT2D eigenvalue weighted by Crippen LogP contribution is 2.21. The zero-order chi connectivity index (χ0) is 10.9. The highest BCUT2D eigenvalue weighted by atomic mass is 28.4. The molecule has 0 aromatic heterocycles. The third kappa shape index (κ3) is 4.82. The van der Waals surface area contributed by atoms with Crippen LogP contribution in [0.3, 0.4) is 0 Å². The van der Waals surface area contributed by atoms with E-state index < -0.39 is 8.32 Å². The normalized spacial score (nSPS) is 11.4. The molecule has 0 fully saturated rings. The van der Waals surface area contributed by atoms with Gasteiger partial charge >= 0.3 is 0 Å². The fourth-order valence-corrected chi connectivity index (χ4v) is 4.26. The molecule has 0 aromatic rings. The Kier molecular flexibility index (Phi) is 7.90. The van der Waals surface area contributed by atoms with Crippen LogP contribution in [0.5, 0.6) is 0 Å². The van der Waals surface area contributed by atoms with Gasteiger partial charge in [0.05, 0.1) is 12.9 Å². The minimum atomic E-state index is -1.36. The van der Waals surface area contributed by atoms with Crippen molar-refractivity contribution in [1.82, 2.24) is 0 Å². The number of ether oxygens (including phenoxy) is 1. The molecule has 84 valence electrons. The maximum Gasteiger partial charge on any atom is 0.191 e. The summed E-state index contributed by atoms with van der Waals surface area (Å²) in [5, 5.41) is 0. The lowest BCUT2D eigenvalue weighted by Crippen LogP contribution is -2.36. The van der Waals surface area contributed by atoms with E-state index in [0.29, 0.717) is 0 Å². The van der Waals surface area contributed by atoms with Gasteiger partial charge in [-0.25, -0.2) is 0 Å². The second kappa shape index (κ2) is 8.06. The Labute approximate surface area is 89.4 Å². The first kappa shape index (κ1) is 13.7. The molecule has 0 rings (SSSR count). The Hall–Kier alpha value is -0.283. The van der Waals surface area contributed by atoms with E-state index in [4.69, 9.17) is 9.16 Å². The van der Waals surface area contributed by atoms with Crippen LogP contribution in [-0.2, 0) is 9.16 Å². The molecule has 0 spiro atoms. The van der Waals surface area contributed by atoms with Crippen molar-refractivity contribution in [3.63, 3.8) is 0 Å². The van der Waals surface area contributed by atoms with Gasteiger partial charge in [-0.05, 0) is 18.1 Å². The molecule has 0 aliphatic carbocycles. The lowest BCUT2D eigenvalue weighted by atomic mass is 10.5. The molecule has 0 unspecified atom stereocenters. The van der Waals surface area contributed by atoms with Crippen molar-refractivity contribution in [3.05, 3.63) is 12.8 Å². The summed E-state index contributed by atoms with van der Waals surface area (Å²) in [6.45, 7) is 11.8. The van der Waals surface area contributed by atoms with Gasteiger partial charge in [0.1, 0.15) is 0 Å². The minimum absolute atomic E-state index is 0.727. The summed E-state index contributed by atoms with van der Waals surface area (Å²) in [6, 6.07) is 3.67. The van der Waals surface area contributed by atoms with E-state index in [1.54, 1.807) is 0 Å². The zero-order valence-corrected chi connectivity index (χ0v) is 10.8. The summed E-state index contributed by atoms with van der Waals surface area (Å²) in [6.07, 6.45) is 2.46. The molecule has 3 heteroatoms. The zero-order valence-electron chi connectivity index (χ0n) is 9.84. The first-order chi connectivity index (χ1) is 6.74. The average molecular weight is 216 g/mol. The van der Waals surface area contributed by atoms with Crippen LogP contribution in [0, 0.1) is 0 Å². The van der Waals surface area contributed by atoms with Crippen LogP contribution < -0.4 is 0 Å². The van der Waals surface area contributed by atoms with Crippen molar-refractivity contribution in [3.8, 4) is 0 Å². The highest BCUT2D eigenvalue weighted by molar-refractivity contribution is 6.73. The van der Waals surface area contributed by atoms with Gasteiger partial charge in [-0.1, -0.05) is 27.4 Å². The summed E-state index contributed by atoms with van der Waals surface area (Å²) in [5.41, 5.74) is 0. The molecule has 0 aliphatic rings. The van der Waals surface area contributed by atoms with E-state index in [9.17, 15) is 0 Å². The fraction of sp³-hybridized carbons (Fsp3) is 0.818. The smallest absolute Gasteiger partial charge is 0.191 e. The molecular formula is C11H24O2Si. The van der Waals surface area contributed by atoms with Gasteiger partial charge in [0.15, 0.2) is 8.32 Å². The maximum atomic E-state index is 6.05. The van der Waals surface area contributed by atoms with E-state index >= 15 is 0 Å². The summed E-state index contributed by atoms with van der Waals surface area (Å²) in [5.74, 6) is 0. The molecule has 0 amide bonds. The van der Waals surface area contributed by atoms with Gasteiger partial charge in [0.2, 0.25) is 0 Å². The standard InChI is InChI=1S/C11H24O2Si/c1-5-12-10-9-11-13-14(6-2,7-3)8-4/h5H,1,6-11H2,2-4H3. The van der Waals surface area contributed by atoms with Crippen molar-refractivity contribution in [1.29, 1.82) is 0 Å². The first-order valence-corrected chi connectivity index (χ1v) is 8.14. The van der Waals surface area contributed by atoms with Crippen LogP contribution in [-0.4, -0.2) is 21.5 Å². The number of hydrogen-bond acceptors (Lipinski definition) is 2. The minimum Gasteiger partial charge on any atom is -0.502 e.